The van der Waals surface area contributed by atoms with Gasteiger partial charge in [0.2, 0.25) is 0 Å². The lowest BCUT2D eigenvalue weighted by molar-refractivity contribution is -0.145. The fraction of sp³-hybridized carbons (Fsp3) is 0.548. The number of likely N-dealkylation sites (tertiary alicyclic amines) is 1. The minimum absolute atomic E-state index is 0.00691. The summed E-state index contributed by atoms with van der Waals surface area (Å²) in [5, 5.41) is 23.2. The van der Waals surface area contributed by atoms with E-state index in [1.54, 1.807) is 16.9 Å². The minimum Gasteiger partial charge on any atom is -0.480 e. The van der Waals surface area contributed by atoms with Crippen molar-refractivity contribution in [2.75, 3.05) is 26.7 Å². The lowest BCUT2D eigenvalue weighted by Gasteiger charge is -2.34. The smallest absolute Gasteiger partial charge is 0.321 e. The summed E-state index contributed by atoms with van der Waals surface area (Å²) in [5.74, 6) is 0.660. The highest BCUT2D eigenvalue weighted by molar-refractivity contribution is 5.73. The first-order valence-electron chi connectivity index (χ1n) is 14.5. The lowest BCUT2D eigenvalue weighted by Crippen LogP contribution is -2.47. The van der Waals surface area contributed by atoms with Crippen LogP contribution in [-0.2, 0) is 11.3 Å². The number of halogens is 1. The molecule has 1 aliphatic carbocycles. The Bertz CT molecular complexity index is 1260. The van der Waals surface area contributed by atoms with Gasteiger partial charge in [0.25, 0.3) is 0 Å². The Kier molecular flexibility index (Phi) is 8.90. The molecule has 1 N–H and O–H groups in total. The average molecular weight is 549 g/mol. The van der Waals surface area contributed by atoms with E-state index in [1.165, 1.54) is 6.07 Å². The molecule has 1 aromatic heterocycles. The van der Waals surface area contributed by atoms with Crippen molar-refractivity contribution in [3.63, 3.8) is 0 Å². The first-order chi connectivity index (χ1) is 19.3. The standard InChI is InChI=1S/C31H41FN6O2/c1-21(2)29(31(39)40)36(3)27-17-25(28(18-27)24-10-7-11-26(32)16-24)20-37-14-12-23(13-15-37)30-33-35-38(34-30)19-22-8-5-4-6-9-22/h4-11,16,21,23,25,27-29H,12-15,17-20H2,1-3H3,(H,39,40)/t25?,27?,28?,29-/m1/s1. The van der Waals surface area contributed by atoms with Gasteiger partial charge >= 0.3 is 5.97 Å². The molecule has 8 nitrogen and oxygen atoms in total. The summed E-state index contributed by atoms with van der Waals surface area (Å²) >= 11 is 0. The van der Waals surface area contributed by atoms with Crippen LogP contribution < -0.4 is 0 Å². The molecule has 1 saturated carbocycles. The molecular formula is C31H41FN6O2. The van der Waals surface area contributed by atoms with E-state index in [0.717, 1.165) is 62.3 Å². The van der Waals surface area contributed by atoms with Crippen LogP contribution in [0.5, 0.6) is 0 Å². The number of hydrogen-bond donors (Lipinski definition) is 1. The van der Waals surface area contributed by atoms with Crippen molar-refractivity contribution in [3.8, 4) is 0 Å². The van der Waals surface area contributed by atoms with Gasteiger partial charge in [-0.05, 0) is 92.0 Å². The second kappa shape index (κ2) is 12.6. The van der Waals surface area contributed by atoms with Crippen LogP contribution in [-0.4, -0.2) is 79.8 Å². The number of carboxylic acid groups (broad SMARTS) is 1. The number of carboxylic acids is 1. The van der Waals surface area contributed by atoms with Gasteiger partial charge < -0.3 is 10.0 Å². The average Bonchev–Trinajstić information content (AvgIpc) is 3.57. The van der Waals surface area contributed by atoms with Crippen LogP contribution in [0.4, 0.5) is 4.39 Å². The Hall–Kier alpha value is -3.17. The second-order valence-corrected chi connectivity index (χ2v) is 12.0. The van der Waals surface area contributed by atoms with Crippen LogP contribution in [0, 0.1) is 17.7 Å². The highest BCUT2D eigenvalue weighted by Crippen LogP contribution is 2.43. The van der Waals surface area contributed by atoms with E-state index in [4.69, 9.17) is 0 Å². The lowest BCUT2D eigenvalue weighted by atomic mass is 9.87. The summed E-state index contributed by atoms with van der Waals surface area (Å²) in [6, 6.07) is 16.7. The Labute approximate surface area is 236 Å². The third-order valence-electron chi connectivity index (χ3n) is 8.93. The fourth-order valence-electron chi connectivity index (χ4n) is 6.87. The van der Waals surface area contributed by atoms with Crippen LogP contribution in [0.25, 0.3) is 0 Å². The van der Waals surface area contributed by atoms with Crippen LogP contribution in [0.2, 0.25) is 0 Å². The van der Waals surface area contributed by atoms with Gasteiger partial charge in [-0.2, -0.15) is 4.80 Å². The van der Waals surface area contributed by atoms with Crippen molar-refractivity contribution in [1.29, 1.82) is 0 Å². The molecule has 5 rings (SSSR count). The molecule has 0 spiro atoms. The zero-order valence-electron chi connectivity index (χ0n) is 23.7. The van der Waals surface area contributed by atoms with E-state index in [-0.39, 0.29) is 23.7 Å². The number of hydrogen-bond acceptors (Lipinski definition) is 6. The molecule has 2 heterocycles. The van der Waals surface area contributed by atoms with E-state index >= 15 is 0 Å². The molecule has 0 bridgehead atoms. The summed E-state index contributed by atoms with van der Waals surface area (Å²) in [4.78, 5) is 18.3. The molecule has 2 fully saturated rings. The van der Waals surface area contributed by atoms with Crippen molar-refractivity contribution < 1.29 is 14.3 Å². The number of aromatic nitrogens is 4. The Morgan fingerprint density at radius 1 is 1.10 bits per heavy atom. The first-order valence-corrected chi connectivity index (χ1v) is 14.5. The SMILES string of the molecule is CC(C)[C@H](C(=O)O)N(C)C1CC(CN2CCC(c3nnn(Cc4ccccc4)n3)CC2)C(c2cccc(F)c2)C1. The Balaban J connectivity index is 1.23. The number of tetrazole rings is 1. The molecular weight excluding hydrogens is 507 g/mol. The normalized spacial score (nSPS) is 23.2. The zero-order valence-corrected chi connectivity index (χ0v) is 23.7. The number of nitrogens with zero attached hydrogens (tertiary/aromatic N) is 6. The van der Waals surface area contributed by atoms with Crippen molar-refractivity contribution in [3.05, 3.63) is 77.4 Å². The van der Waals surface area contributed by atoms with Gasteiger partial charge in [-0.15, -0.1) is 10.2 Å². The monoisotopic (exact) mass is 548 g/mol. The predicted octanol–water partition coefficient (Wildman–Crippen LogP) is 4.64. The van der Waals surface area contributed by atoms with Crippen LogP contribution in [0.1, 0.15) is 68.3 Å². The Morgan fingerprint density at radius 2 is 1.85 bits per heavy atom. The first kappa shape index (κ1) is 28.4. The molecule has 2 aliphatic rings. The number of rotatable bonds is 10. The molecule has 1 aliphatic heterocycles. The molecule has 0 amide bonds. The molecule has 1 saturated heterocycles. The van der Waals surface area contributed by atoms with Crippen molar-refractivity contribution in [2.24, 2.45) is 11.8 Å². The van der Waals surface area contributed by atoms with E-state index in [2.05, 4.69) is 37.3 Å². The van der Waals surface area contributed by atoms with Crippen molar-refractivity contribution >= 4 is 5.97 Å². The van der Waals surface area contributed by atoms with E-state index < -0.39 is 12.0 Å². The molecule has 4 atom stereocenters. The predicted molar refractivity (Wildman–Crippen MR) is 151 cm³/mol. The van der Waals surface area contributed by atoms with Crippen LogP contribution >= 0.6 is 0 Å². The van der Waals surface area contributed by atoms with E-state index in [9.17, 15) is 14.3 Å². The largest absolute Gasteiger partial charge is 0.480 e. The van der Waals surface area contributed by atoms with Gasteiger partial charge in [-0.25, -0.2) is 4.39 Å². The number of piperidine rings is 1. The van der Waals surface area contributed by atoms with E-state index in [1.807, 2.05) is 45.2 Å². The third-order valence-corrected chi connectivity index (χ3v) is 8.93. The number of likely N-dealkylation sites (N-methyl/N-ethyl adjacent to an activating group) is 1. The summed E-state index contributed by atoms with van der Waals surface area (Å²) < 4.78 is 14.2. The van der Waals surface area contributed by atoms with Gasteiger partial charge in [-0.1, -0.05) is 56.3 Å². The van der Waals surface area contributed by atoms with Crippen LogP contribution in [0.15, 0.2) is 54.6 Å². The van der Waals surface area contributed by atoms with Crippen molar-refractivity contribution in [1.82, 2.24) is 30.0 Å². The van der Waals surface area contributed by atoms with Crippen molar-refractivity contribution in [2.45, 2.75) is 70.0 Å². The molecule has 2 aromatic carbocycles. The molecule has 0 radical (unpaired) electrons. The number of aliphatic carboxylic acids is 1. The fourth-order valence-corrected chi connectivity index (χ4v) is 6.87. The summed E-state index contributed by atoms with van der Waals surface area (Å²) in [5.41, 5.74) is 2.17. The van der Waals surface area contributed by atoms with Gasteiger partial charge in [0.15, 0.2) is 5.82 Å². The molecule has 3 aromatic rings. The quantitative estimate of drug-likeness (QED) is 0.395. The number of benzene rings is 2. The third kappa shape index (κ3) is 6.58. The zero-order chi connectivity index (χ0) is 28.2. The van der Waals surface area contributed by atoms with E-state index in [0.29, 0.717) is 18.4 Å². The van der Waals surface area contributed by atoms with Gasteiger partial charge in [0.1, 0.15) is 11.9 Å². The summed E-state index contributed by atoms with van der Waals surface area (Å²) in [7, 11) is 1.94. The molecule has 9 heteroatoms. The number of carbonyl (C=O) groups is 1. The Morgan fingerprint density at radius 3 is 2.52 bits per heavy atom. The molecule has 214 valence electrons. The summed E-state index contributed by atoms with van der Waals surface area (Å²) in [6.07, 6.45) is 3.70. The maximum absolute atomic E-state index is 14.2. The highest BCUT2D eigenvalue weighted by atomic mass is 19.1. The summed E-state index contributed by atoms with van der Waals surface area (Å²) in [6.45, 7) is 7.37. The second-order valence-electron chi connectivity index (χ2n) is 12.0. The minimum atomic E-state index is -0.778. The maximum atomic E-state index is 14.2. The molecule has 40 heavy (non-hydrogen) atoms. The maximum Gasteiger partial charge on any atom is 0.321 e. The highest BCUT2D eigenvalue weighted by Gasteiger charge is 2.42. The van der Waals surface area contributed by atoms with Crippen LogP contribution in [0.3, 0.4) is 0 Å². The van der Waals surface area contributed by atoms with Gasteiger partial charge in [0, 0.05) is 18.5 Å². The topological polar surface area (TPSA) is 87.4 Å². The van der Waals surface area contributed by atoms with Gasteiger partial charge in [-0.3, -0.25) is 9.69 Å². The molecule has 3 unspecified atom stereocenters. The van der Waals surface area contributed by atoms with Gasteiger partial charge in [0.05, 0.1) is 6.54 Å².